The maximum atomic E-state index is 11.1. The lowest BCUT2D eigenvalue weighted by Gasteiger charge is -2.19. The molecule has 5 heteroatoms. The van der Waals surface area contributed by atoms with Crippen molar-refractivity contribution < 1.29 is 9.90 Å². The van der Waals surface area contributed by atoms with Crippen LogP contribution in [-0.2, 0) is 6.54 Å². The van der Waals surface area contributed by atoms with Gasteiger partial charge in [-0.1, -0.05) is 6.07 Å². The second-order valence-corrected chi connectivity index (χ2v) is 4.67. The summed E-state index contributed by atoms with van der Waals surface area (Å²) < 4.78 is 0. The topological polar surface area (TPSA) is 53.4 Å². The number of carbonyl (C=O) groups is 1. The largest absolute Gasteiger partial charge is 0.478 e. The molecule has 2 rings (SSSR count). The number of carboxylic acids is 1. The Morgan fingerprint density at radius 2 is 2.35 bits per heavy atom. The van der Waals surface area contributed by atoms with Crippen LogP contribution in [0.3, 0.4) is 0 Å². The van der Waals surface area contributed by atoms with E-state index in [9.17, 15) is 4.79 Å². The summed E-state index contributed by atoms with van der Waals surface area (Å²) in [7, 11) is 1.88. The molecule has 1 N–H and O–H groups in total. The van der Waals surface area contributed by atoms with Gasteiger partial charge in [0.05, 0.1) is 12.2 Å². The van der Waals surface area contributed by atoms with Crippen LogP contribution in [0, 0.1) is 0 Å². The van der Waals surface area contributed by atoms with Crippen molar-refractivity contribution in [3.8, 4) is 0 Å². The van der Waals surface area contributed by atoms with E-state index in [2.05, 4.69) is 4.98 Å². The first-order chi connectivity index (χ1) is 8.18. The van der Waals surface area contributed by atoms with E-state index in [1.54, 1.807) is 23.6 Å². The van der Waals surface area contributed by atoms with Crippen molar-refractivity contribution in [3.05, 3.63) is 46.4 Å². The predicted octanol–water partition coefficient (Wildman–Crippen LogP) is 2.48. The molecule has 0 unspecified atom stereocenters. The average molecular weight is 248 g/mol. The Labute approximate surface area is 103 Å². The van der Waals surface area contributed by atoms with Crippen LogP contribution >= 0.6 is 11.3 Å². The van der Waals surface area contributed by atoms with Crippen LogP contribution in [0.25, 0.3) is 0 Å². The number of carboxylic acid groups (broad SMARTS) is 1. The molecule has 0 saturated heterocycles. The molecule has 0 aliphatic rings. The van der Waals surface area contributed by atoms with Crippen LogP contribution in [0.15, 0.2) is 36.0 Å². The standard InChI is InChI=1S/C12H12N2O2S/c1-14(8-9-3-2-6-17-9)11-4-5-13-7-10(11)12(15)16/h2-7H,8H2,1H3,(H,15,16). The van der Waals surface area contributed by atoms with Gasteiger partial charge in [-0.25, -0.2) is 4.79 Å². The second-order valence-electron chi connectivity index (χ2n) is 3.63. The van der Waals surface area contributed by atoms with E-state index in [1.807, 2.05) is 29.5 Å². The normalized spacial score (nSPS) is 10.2. The number of hydrogen-bond donors (Lipinski definition) is 1. The first-order valence-electron chi connectivity index (χ1n) is 5.09. The molecule has 2 aromatic rings. The number of hydrogen-bond acceptors (Lipinski definition) is 4. The molecule has 17 heavy (non-hydrogen) atoms. The average Bonchev–Trinajstić information content (AvgIpc) is 2.81. The van der Waals surface area contributed by atoms with Crippen LogP contribution < -0.4 is 4.90 Å². The zero-order valence-corrected chi connectivity index (χ0v) is 10.1. The van der Waals surface area contributed by atoms with Crippen molar-refractivity contribution in [3.63, 3.8) is 0 Å². The van der Waals surface area contributed by atoms with Gasteiger partial charge in [0.15, 0.2) is 0 Å². The van der Waals surface area contributed by atoms with Gasteiger partial charge in [-0.3, -0.25) is 4.98 Å². The van der Waals surface area contributed by atoms with Crippen molar-refractivity contribution in [2.75, 3.05) is 11.9 Å². The Morgan fingerprint density at radius 1 is 1.53 bits per heavy atom. The fraction of sp³-hybridized carbons (Fsp3) is 0.167. The molecule has 0 bridgehead atoms. The summed E-state index contributed by atoms with van der Waals surface area (Å²) in [6, 6.07) is 5.73. The molecular weight excluding hydrogens is 236 g/mol. The number of pyridine rings is 1. The van der Waals surface area contributed by atoms with Gasteiger partial charge < -0.3 is 10.0 Å². The molecule has 0 atom stereocenters. The summed E-state index contributed by atoms with van der Waals surface area (Å²) in [5.74, 6) is -0.953. The molecule has 0 aliphatic carbocycles. The fourth-order valence-corrected chi connectivity index (χ4v) is 2.36. The van der Waals surface area contributed by atoms with E-state index < -0.39 is 5.97 Å². The quantitative estimate of drug-likeness (QED) is 0.903. The Bertz CT molecular complexity index is 511. The first kappa shape index (κ1) is 11.6. The Kier molecular flexibility index (Phi) is 3.39. The number of aromatic nitrogens is 1. The summed E-state index contributed by atoms with van der Waals surface area (Å²) in [4.78, 5) is 18.0. The third-order valence-electron chi connectivity index (χ3n) is 2.41. The van der Waals surface area contributed by atoms with Crippen molar-refractivity contribution >= 4 is 23.0 Å². The Morgan fingerprint density at radius 3 is 3.00 bits per heavy atom. The second kappa shape index (κ2) is 4.97. The summed E-state index contributed by atoms with van der Waals surface area (Å²) >= 11 is 1.66. The minimum atomic E-state index is -0.953. The van der Waals surface area contributed by atoms with Gasteiger partial charge in [-0.2, -0.15) is 0 Å². The van der Waals surface area contributed by atoms with E-state index in [0.29, 0.717) is 12.2 Å². The maximum absolute atomic E-state index is 11.1. The van der Waals surface area contributed by atoms with Crippen LogP contribution in [0.5, 0.6) is 0 Å². The summed E-state index contributed by atoms with van der Waals surface area (Å²) in [5.41, 5.74) is 0.910. The molecule has 0 spiro atoms. The molecule has 4 nitrogen and oxygen atoms in total. The summed E-state index contributed by atoms with van der Waals surface area (Å²) in [6.45, 7) is 0.696. The zero-order valence-electron chi connectivity index (χ0n) is 9.33. The van der Waals surface area contributed by atoms with Crippen molar-refractivity contribution in [2.45, 2.75) is 6.54 Å². The molecule has 88 valence electrons. The lowest BCUT2D eigenvalue weighted by Crippen LogP contribution is -2.18. The minimum absolute atomic E-state index is 0.228. The van der Waals surface area contributed by atoms with E-state index in [1.165, 1.54) is 11.1 Å². The van der Waals surface area contributed by atoms with Gasteiger partial charge in [0.1, 0.15) is 5.56 Å². The Hall–Kier alpha value is -1.88. The third-order valence-corrected chi connectivity index (χ3v) is 3.27. The zero-order chi connectivity index (χ0) is 12.3. The predicted molar refractivity (Wildman–Crippen MR) is 67.6 cm³/mol. The molecule has 0 amide bonds. The number of aromatic carboxylic acids is 1. The molecule has 0 saturated carbocycles. The highest BCUT2D eigenvalue weighted by Gasteiger charge is 2.13. The lowest BCUT2D eigenvalue weighted by molar-refractivity contribution is 0.0697. The van der Waals surface area contributed by atoms with E-state index in [-0.39, 0.29) is 5.56 Å². The number of rotatable bonds is 4. The molecule has 0 aliphatic heterocycles. The molecule has 0 radical (unpaired) electrons. The van der Waals surface area contributed by atoms with Crippen LogP contribution in [0.1, 0.15) is 15.2 Å². The highest BCUT2D eigenvalue weighted by molar-refractivity contribution is 7.09. The van der Waals surface area contributed by atoms with Gasteiger partial charge in [-0.15, -0.1) is 11.3 Å². The van der Waals surface area contributed by atoms with Crippen molar-refractivity contribution in [2.24, 2.45) is 0 Å². The van der Waals surface area contributed by atoms with Crippen LogP contribution in [0.4, 0.5) is 5.69 Å². The van der Waals surface area contributed by atoms with Crippen molar-refractivity contribution in [1.29, 1.82) is 0 Å². The first-order valence-corrected chi connectivity index (χ1v) is 5.97. The van der Waals surface area contributed by atoms with Gasteiger partial charge in [-0.05, 0) is 17.5 Å². The molecular formula is C12H12N2O2S. The Balaban J connectivity index is 2.24. The summed E-state index contributed by atoms with van der Waals surface area (Å²) in [5, 5.41) is 11.1. The maximum Gasteiger partial charge on any atom is 0.339 e. The monoisotopic (exact) mass is 248 g/mol. The molecule has 0 aromatic carbocycles. The number of anilines is 1. The van der Waals surface area contributed by atoms with Gasteiger partial charge in [0.25, 0.3) is 0 Å². The highest BCUT2D eigenvalue weighted by atomic mass is 32.1. The van der Waals surface area contributed by atoms with Crippen LogP contribution in [-0.4, -0.2) is 23.1 Å². The van der Waals surface area contributed by atoms with Crippen LogP contribution in [0.2, 0.25) is 0 Å². The SMILES string of the molecule is CN(Cc1cccs1)c1ccncc1C(=O)O. The third kappa shape index (κ3) is 2.62. The van der Waals surface area contributed by atoms with Crippen molar-refractivity contribution in [1.82, 2.24) is 4.98 Å². The van der Waals surface area contributed by atoms with E-state index in [4.69, 9.17) is 5.11 Å². The van der Waals surface area contributed by atoms with E-state index >= 15 is 0 Å². The van der Waals surface area contributed by atoms with Gasteiger partial charge >= 0.3 is 5.97 Å². The molecule has 2 heterocycles. The van der Waals surface area contributed by atoms with Gasteiger partial charge in [0.2, 0.25) is 0 Å². The van der Waals surface area contributed by atoms with Gasteiger partial charge in [0, 0.05) is 24.3 Å². The van der Waals surface area contributed by atoms with E-state index in [0.717, 1.165) is 0 Å². The number of nitrogens with zero attached hydrogens (tertiary/aromatic N) is 2. The molecule has 0 fully saturated rings. The lowest BCUT2D eigenvalue weighted by atomic mass is 10.2. The highest BCUT2D eigenvalue weighted by Crippen LogP contribution is 2.21. The smallest absolute Gasteiger partial charge is 0.339 e. The number of thiophene rings is 1. The molecule has 2 aromatic heterocycles. The fourth-order valence-electron chi connectivity index (χ4n) is 1.61. The summed E-state index contributed by atoms with van der Waals surface area (Å²) in [6.07, 6.45) is 2.98. The minimum Gasteiger partial charge on any atom is -0.478 e.